The van der Waals surface area contributed by atoms with E-state index < -0.39 is 24.4 Å². The van der Waals surface area contributed by atoms with Crippen molar-refractivity contribution in [2.45, 2.75) is 0 Å². The van der Waals surface area contributed by atoms with Gasteiger partial charge in [-0.05, 0) is 42.5 Å². The highest BCUT2D eigenvalue weighted by Gasteiger charge is 2.10. The van der Waals surface area contributed by atoms with Crippen molar-refractivity contribution in [3.05, 3.63) is 64.1 Å². The summed E-state index contributed by atoms with van der Waals surface area (Å²) in [4.78, 5) is 34.9. The minimum atomic E-state index is -0.746. The van der Waals surface area contributed by atoms with Crippen LogP contribution in [0.3, 0.4) is 0 Å². The number of nitrogens with one attached hydrogen (secondary N) is 2. The van der Waals surface area contributed by atoms with Crippen molar-refractivity contribution in [1.82, 2.24) is 10.9 Å². The van der Waals surface area contributed by atoms with Crippen LogP contribution in [0.25, 0.3) is 0 Å². The SMILES string of the molecule is O=C(COC(=O)COc1cccc(Cl)c1)NNC(=O)c1ccc(Cl)cc1. The van der Waals surface area contributed by atoms with Gasteiger partial charge in [0.25, 0.3) is 11.8 Å². The molecule has 0 aliphatic carbocycles. The molecule has 0 heterocycles. The van der Waals surface area contributed by atoms with Crippen LogP contribution in [0.1, 0.15) is 10.4 Å². The Labute approximate surface area is 159 Å². The molecule has 2 aromatic rings. The minimum Gasteiger partial charge on any atom is -0.482 e. The summed E-state index contributed by atoms with van der Waals surface area (Å²) in [6.45, 7) is -0.955. The van der Waals surface area contributed by atoms with E-state index in [-0.39, 0.29) is 6.61 Å². The molecule has 2 rings (SSSR count). The summed E-state index contributed by atoms with van der Waals surface area (Å²) in [5.74, 6) is -1.59. The Kier molecular flexibility index (Phi) is 7.25. The van der Waals surface area contributed by atoms with Crippen LogP contribution in [0.15, 0.2) is 48.5 Å². The van der Waals surface area contributed by atoms with E-state index in [0.717, 1.165) is 0 Å². The standard InChI is InChI=1S/C17H14Cl2N2O5/c18-12-6-4-11(5-7-12)17(24)21-20-15(22)9-26-16(23)10-25-14-3-1-2-13(19)8-14/h1-8H,9-10H2,(H,20,22)(H,21,24). The molecule has 2 amide bonds. The van der Waals surface area contributed by atoms with Crippen molar-refractivity contribution >= 4 is 41.0 Å². The van der Waals surface area contributed by atoms with E-state index in [0.29, 0.717) is 21.4 Å². The molecule has 0 fully saturated rings. The Morgan fingerprint density at radius 2 is 1.62 bits per heavy atom. The Morgan fingerprint density at radius 3 is 2.31 bits per heavy atom. The first-order valence-corrected chi connectivity index (χ1v) is 8.08. The summed E-state index contributed by atoms with van der Waals surface area (Å²) >= 11 is 11.5. The lowest BCUT2D eigenvalue weighted by Gasteiger charge is -2.09. The summed E-state index contributed by atoms with van der Waals surface area (Å²) in [5, 5.41) is 0.948. The quantitative estimate of drug-likeness (QED) is 0.577. The molecule has 0 atom stereocenters. The fourth-order valence-corrected chi connectivity index (χ4v) is 2.03. The largest absolute Gasteiger partial charge is 0.482 e. The van der Waals surface area contributed by atoms with Gasteiger partial charge >= 0.3 is 5.97 Å². The highest BCUT2D eigenvalue weighted by molar-refractivity contribution is 6.31. The average Bonchev–Trinajstić information content (AvgIpc) is 2.63. The zero-order valence-electron chi connectivity index (χ0n) is 13.3. The monoisotopic (exact) mass is 396 g/mol. The second-order valence-electron chi connectivity index (χ2n) is 4.92. The number of benzene rings is 2. The molecule has 7 nitrogen and oxygen atoms in total. The first kappa shape index (κ1) is 19.6. The van der Waals surface area contributed by atoms with Gasteiger partial charge in [0.15, 0.2) is 13.2 Å². The van der Waals surface area contributed by atoms with Crippen LogP contribution in [0.5, 0.6) is 5.75 Å². The molecular formula is C17H14Cl2N2O5. The van der Waals surface area contributed by atoms with E-state index in [2.05, 4.69) is 10.9 Å². The summed E-state index contributed by atoms with van der Waals surface area (Å²) < 4.78 is 9.91. The molecule has 0 aliphatic heterocycles. The van der Waals surface area contributed by atoms with Gasteiger partial charge in [0, 0.05) is 15.6 Å². The van der Waals surface area contributed by atoms with Crippen molar-refractivity contribution in [3.8, 4) is 5.75 Å². The second-order valence-corrected chi connectivity index (χ2v) is 5.79. The number of ether oxygens (including phenoxy) is 2. The zero-order chi connectivity index (χ0) is 18.9. The van der Waals surface area contributed by atoms with Crippen molar-refractivity contribution in [2.75, 3.05) is 13.2 Å². The van der Waals surface area contributed by atoms with Crippen molar-refractivity contribution < 1.29 is 23.9 Å². The first-order valence-electron chi connectivity index (χ1n) is 7.33. The maximum absolute atomic E-state index is 11.8. The number of hydrogen-bond acceptors (Lipinski definition) is 5. The summed E-state index contributed by atoms with van der Waals surface area (Å²) in [6.07, 6.45) is 0. The molecule has 2 aromatic carbocycles. The number of halogens is 2. The molecule has 0 aliphatic rings. The first-order chi connectivity index (χ1) is 12.4. The van der Waals surface area contributed by atoms with Crippen LogP contribution < -0.4 is 15.6 Å². The van der Waals surface area contributed by atoms with Crippen molar-refractivity contribution in [2.24, 2.45) is 0 Å². The van der Waals surface area contributed by atoms with Gasteiger partial charge < -0.3 is 9.47 Å². The molecule has 2 N–H and O–H groups in total. The molecule has 0 saturated carbocycles. The van der Waals surface area contributed by atoms with Crippen molar-refractivity contribution in [1.29, 1.82) is 0 Å². The second kappa shape index (κ2) is 9.65. The number of esters is 1. The number of amides is 2. The van der Waals surface area contributed by atoms with E-state index in [4.69, 9.17) is 32.7 Å². The van der Waals surface area contributed by atoms with Crippen molar-refractivity contribution in [3.63, 3.8) is 0 Å². The number of hydrazine groups is 1. The number of carbonyl (C=O) groups excluding carboxylic acids is 3. The predicted octanol–water partition coefficient (Wildman–Crippen LogP) is 2.38. The average molecular weight is 397 g/mol. The molecule has 0 radical (unpaired) electrons. The number of rotatable bonds is 6. The maximum atomic E-state index is 11.8. The fraction of sp³-hybridized carbons (Fsp3) is 0.118. The lowest BCUT2D eigenvalue weighted by molar-refractivity contribution is -0.150. The lowest BCUT2D eigenvalue weighted by Crippen LogP contribution is -2.43. The zero-order valence-corrected chi connectivity index (χ0v) is 14.8. The van der Waals surface area contributed by atoms with Crippen LogP contribution in [-0.2, 0) is 14.3 Å². The molecular weight excluding hydrogens is 383 g/mol. The molecule has 9 heteroatoms. The van der Waals surface area contributed by atoms with E-state index in [1.54, 1.807) is 30.3 Å². The molecule has 0 aromatic heterocycles. The molecule has 26 heavy (non-hydrogen) atoms. The van der Waals surface area contributed by atoms with Gasteiger partial charge in [0.2, 0.25) is 0 Å². The summed E-state index contributed by atoms with van der Waals surface area (Å²) in [6, 6.07) is 12.6. The Morgan fingerprint density at radius 1 is 0.885 bits per heavy atom. The van der Waals surface area contributed by atoms with E-state index in [1.807, 2.05) is 0 Å². The smallest absolute Gasteiger partial charge is 0.344 e. The summed E-state index contributed by atoms with van der Waals surface area (Å²) in [7, 11) is 0. The fourth-order valence-electron chi connectivity index (χ4n) is 1.72. The lowest BCUT2D eigenvalue weighted by atomic mass is 10.2. The highest BCUT2D eigenvalue weighted by atomic mass is 35.5. The Hall–Kier alpha value is -2.77. The number of carbonyl (C=O) groups is 3. The topological polar surface area (TPSA) is 93.7 Å². The normalized spacial score (nSPS) is 9.92. The van der Waals surface area contributed by atoms with E-state index in [9.17, 15) is 14.4 Å². The van der Waals surface area contributed by atoms with Crippen LogP contribution in [0.4, 0.5) is 0 Å². The Balaban J connectivity index is 1.67. The molecule has 0 spiro atoms. The predicted molar refractivity (Wildman–Crippen MR) is 95.0 cm³/mol. The van der Waals surface area contributed by atoms with Gasteiger partial charge in [-0.2, -0.15) is 0 Å². The van der Waals surface area contributed by atoms with Gasteiger partial charge in [0.1, 0.15) is 5.75 Å². The third-order valence-electron chi connectivity index (χ3n) is 2.94. The molecule has 0 saturated heterocycles. The van der Waals surface area contributed by atoms with Gasteiger partial charge in [0.05, 0.1) is 0 Å². The van der Waals surface area contributed by atoms with Gasteiger partial charge in [-0.25, -0.2) is 4.79 Å². The molecule has 0 unspecified atom stereocenters. The highest BCUT2D eigenvalue weighted by Crippen LogP contribution is 2.16. The summed E-state index contributed by atoms with van der Waals surface area (Å²) in [5.41, 5.74) is 4.62. The third-order valence-corrected chi connectivity index (χ3v) is 3.43. The molecule has 0 bridgehead atoms. The van der Waals surface area contributed by atoms with Crippen LogP contribution in [0, 0.1) is 0 Å². The van der Waals surface area contributed by atoms with E-state index >= 15 is 0 Å². The molecule has 136 valence electrons. The third kappa shape index (κ3) is 6.62. The van der Waals surface area contributed by atoms with Crippen LogP contribution >= 0.6 is 23.2 Å². The Bertz CT molecular complexity index is 796. The van der Waals surface area contributed by atoms with Gasteiger partial charge in [-0.3, -0.25) is 20.4 Å². The maximum Gasteiger partial charge on any atom is 0.344 e. The number of hydrogen-bond donors (Lipinski definition) is 2. The van der Waals surface area contributed by atoms with Gasteiger partial charge in [-0.1, -0.05) is 29.3 Å². The van der Waals surface area contributed by atoms with E-state index in [1.165, 1.54) is 18.2 Å². The van der Waals surface area contributed by atoms with Gasteiger partial charge in [-0.15, -0.1) is 0 Å². The van der Waals surface area contributed by atoms with Crippen LogP contribution in [0.2, 0.25) is 10.0 Å². The van der Waals surface area contributed by atoms with Crippen LogP contribution in [-0.4, -0.2) is 31.0 Å². The minimum absolute atomic E-state index is 0.307.